The molecule has 0 aliphatic heterocycles. The average molecular weight is 373 g/mol. The van der Waals surface area contributed by atoms with Crippen molar-refractivity contribution < 1.29 is 4.74 Å². The first-order chi connectivity index (χ1) is 12.8. The molecule has 2 fully saturated rings. The minimum Gasteiger partial charge on any atom is -0.374 e. The Balaban J connectivity index is 1.37. The molecule has 2 aliphatic carbocycles. The van der Waals surface area contributed by atoms with E-state index in [0.29, 0.717) is 6.10 Å². The van der Waals surface area contributed by atoms with Crippen LogP contribution in [0.1, 0.15) is 69.8 Å². The Kier molecular flexibility index (Phi) is 7.83. The van der Waals surface area contributed by atoms with Crippen LogP contribution >= 0.6 is 11.6 Å². The number of rotatable bonds is 6. The van der Waals surface area contributed by atoms with E-state index < -0.39 is 0 Å². The van der Waals surface area contributed by atoms with Gasteiger partial charge in [0.2, 0.25) is 0 Å². The Hall–Kier alpha value is -1.05. The van der Waals surface area contributed by atoms with Gasteiger partial charge in [0.25, 0.3) is 0 Å². The Labute approximate surface area is 164 Å². The zero-order valence-corrected chi connectivity index (χ0v) is 16.8. The molecule has 1 aromatic rings. The largest absolute Gasteiger partial charge is 0.374 e. The summed E-state index contributed by atoms with van der Waals surface area (Å²) in [5, 5.41) is 0.846. The number of benzene rings is 1. The van der Waals surface area contributed by atoms with Gasteiger partial charge in [-0.05, 0) is 93.7 Å². The van der Waals surface area contributed by atoms with E-state index in [2.05, 4.69) is 30.4 Å². The lowest BCUT2D eigenvalue weighted by atomic mass is 9.69. The molecule has 2 heteroatoms. The number of halogens is 1. The molecule has 26 heavy (non-hydrogen) atoms. The third-order valence-electron chi connectivity index (χ3n) is 6.37. The Morgan fingerprint density at radius 2 is 1.50 bits per heavy atom. The van der Waals surface area contributed by atoms with Gasteiger partial charge < -0.3 is 4.74 Å². The van der Waals surface area contributed by atoms with Crippen molar-refractivity contribution in [2.24, 2.45) is 11.8 Å². The molecule has 2 aliphatic rings. The van der Waals surface area contributed by atoms with Crippen LogP contribution in [0, 0.1) is 11.8 Å². The van der Waals surface area contributed by atoms with Crippen molar-refractivity contribution in [3.05, 3.63) is 59.2 Å². The summed E-state index contributed by atoms with van der Waals surface area (Å²) in [6.07, 6.45) is 19.5. The first kappa shape index (κ1) is 19.7. The fourth-order valence-electron chi connectivity index (χ4n) is 4.82. The van der Waals surface area contributed by atoms with Crippen LogP contribution in [-0.2, 0) is 4.74 Å². The molecular weight excluding hydrogens is 340 g/mol. The van der Waals surface area contributed by atoms with Gasteiger partial charge in [-0.25, -0.2) is 0 Å². The van der Waals surface area contributed by atoms with Gasteiger partial charge in [0.15, 0.2) is 0 Å². The van der Waals surface area contributed by atoms with Crippen molar-refractivity contribution in [1.82, 2.24) is 0 Å². The van der Waals surface area contributed by atoms with Crippen LogP contribution in [0.5, 0.6) is 0 Å². The lowest BCUT2D eigenvalue weighted by Crippen LogP contribution is -2.28. The number of hydrogen-bond donors (Lipinski definition) is 0. The van der Waals surface area contributed by atoms with Gasteiger partial charge in [-0.1, -0.05) is 48.0 Å². The summed E-state index contributed by atoms with van der Waals surface area (Å²) in [6, 6.07) is 8.53. The zero-order valence-electron chi connectivity index (χ0n) is 16.1. The quantitative estimate of drug-likeness (QED) is 0.475. The topological polar surface area (TPSA) is 9.23 Å². The van der Waals surface area contributed by atoms with E-state index in [9.17, 15) is 0 Å². The van der Waals surface area contributed by atoms with Gasteiger partial charge in [-0.3, -0.25) is 0 Å². The Morgan fingerprint density at radius 1 is 0.885 bits per heavy atom. The lowest BCUT2D eigenvalue weighted by molar-refractivity contribution is 0.0223. The minimum absolute atomic E-state index is 0.479. The van der Waals surface area contributed by atoms with E-state index in [0.717, 1.165) is 29.4 Å². The van der Waals surface area contributed by atoms with Gasteiger partial charge in [-0.15, -0.1) is 0 Å². The molecule has 0 atom stereocenters. The van der Waals surface area contributed by atoms with Crippen LogP contribution in [0.2, 0.25) is 5.02 Å². The number of ether oxygens (including phenoxy) is 1. The molecule has 0 radical (unpaired) electrons. The van der Waals surface area contributed by atoms with Crippen molar-refractivity contribution in [3.63, 3.8) is 0 Å². The summed E-state index contributed by atoms with van der Waals surface area (Å²) in [6.45, 7) is 2.79. The second-order valence-corrected chi connectivity index (χ2v) is 8.42. The summed E-state index contributed by atoms with van der Waals surface area (Å²) in [7, 11) is 0. The van der Waals surface area contributed by atoms with E-state index in [-0.39, 0.29) is 0 Å². The van der Waals surface area contributed by atoms with E-state index in [4.69, 9.17) is 16.3 Å². The normalized spacial score (nSPS) is 30.2. The monoisotopic (exact) mass is 372 g/mol. The fourth-order valence-corrected chi connectivity index (χ4v) is 4.95. The minimum atomic E-state index is 0.479. The van der Waals surface area contributed by atoms with Crippen molar-refractivity contribution in [3.8, 4) is 0 Å². The molecule has 0 unspecified atom stereocenters. The summed E-state index contributed by atoms with van der Waals surface area (Å²) in [5.41, 5.74) is 1.48. The van der Waals surface area contributed by atoms with Gasteiger partial charge >= 0.3 is 0 Å². The highest BCUT2D eigenvalue weighted by Gasteiger charge is 2.31. The maximum Gasteiger partial charge on any atom is 0.0654 e. The molecule has 1 nitrogen and oxygen atoms in total. The highest BCUT2D eigenvalue weighted by Crippen LogP contribution is 2.43. The van der Waals surface area contributed by atoms with Crippen LogP contribution in [0.3, 0.4) is 0 Å². The van der Waals surface area contributed by atoms with E-state index in [1.807, 2.05) is 25.1 Å². The third kappa shape index (κ3) is 5.72. The smallest absolute Gasteiger partial charge is 0.0654 e. The second kappa shape index (κ2) is 10.3. The van der Waals surface area contributed by atoms with Crippen LogP contribution in [0.25, 0.3) is 0 Å². The first-order valence-corrected chi connectivity index (χ1v) is 10.8. The average Bonchev–Trinajstić information content (AvgIpc) is 2.69. The molecule has 0 N–H and O–H groups in total. The Bertz CT molecular complexity index is 573. The highest BCUT2D eigenvalue weighted by molar-refractivity contribution is 6.30. The molecule has 0 spiro atoms. The molecule has 0 amide bonds. The zero-order chi connectivity index (χ0) is 18.2. The maximum atomic E-state index is 6.02. The van der Waals surface area contributed by atoms with Crippen molar-refractivity contribution in [2.45, 2.75) is 70.3 Å². The first-order valence-electron chi connectivity index (χ1n) is 10.4. The SMILES string of the molecule is CC=CC=CCO[C@H]1CC[C@H]([C@H]2CC[C@H](c3ccc(Cl)cc3)CC2)CC1. The number of hydrogen-bond acceptors (Lipinski definition) is 1. The predicted molar refractivity (Wildman–Crippen MR) is 112 cm³/mol. The van der Waals surface area contributed by atoms with Gasteiger partial charge in [0, 0.05) is 5.02 Å². The molecule has 1 aromatic carbocycles. The van der Waals surface area contributed by atoms with E-state index >= 15 is 0 Å². The summed E-state index contributed by atoms with van der Waals surface area (Å²) >= 11 is 6.02. The van der Waals surface area contributed by atoms with Gasteiger partial charge in [0.1, 0.15) is 0 Å². The molecule has 0 aromatic heterocycles. The second-order valence-electron chi connectivity index (χ2n) is 7.99. The van der Waals surface area contributed by atoms with E-state index in [1.165, 1.54) is 56.9 Å². The molecule has 2 saturated carbocycles. The van der Waals surface area contributed by atoms with E-state index in [1.54, 1.807) is 0 Å². The van der Waals surface area contributed by atoms with Crippen LogP contribution in [0.4, 0.5) is 0 Å². The van der Waals surface area contributed by atoms with Gasteiger partial charge in [0.05, 0.1) is 12.7 Å². The van der Waals surface area contributed by atoms with Crippen molar-refractivity contribution >= 4 is 11.6 Å². The molecule has 0 saturated heterocycles. The van der Waals surface area contributed by atoms with Crippen LogP contribution in [-0.4, -0.2) is 12.7 Å². The van der Waals surface area contributed by atoms with Gasteiger partial charge in [-0.2, -0.15) is 0 Å². The van der Waals surface area contributed by atoms with Crippen LogP contribution in [0.15, 0.2) is 48.6 Å². The third-order valence-corrected chi connectivity index (χ3v) is 6.62. The van der Waals surface area contributed by atoms with Crippen molar-refractivity contribution in [1.29, 1.82) is 0 Å². The number of allylic oxidation sites excluding steroid dienone is 3. The predicted octanol–water partition coefficient (Wildman–Crippen LogP) is 7.32. The standard InChI is InChI=1S/C24H33ClO/c1-2-3-4-5-18-26-24-16-12-22(13-17-24)20-8-6-19(7-9-20)21-10-14-23(25)15-11-21/h2-5,10-11,14-15,19-20,22,24H,6-9,12-13,16-18H2,1H3/t19-,20-,22-,24-. The Morgan fingerprint density at radius 3 is 2.12 bits per heavy atom. The van der Waals surface area contributed by atoms with Crippen LogP contribution < -0.4 is 0 Å². The molecule has 0 heterocycles. The molecular formula is C24H33ClO. The maximum absolute atomic E-state index is 6.02. The van der Waals surface area contributed by atoms with Crippen molar-refractivity contribution in [2.75, 3.05) is 6.61 Å². The lowest BCUT2D eigenvalue weighted by Gasteiger charge is -2.38. The molecule has 3 rings (SSSR count). The summed E-state index contributed by atoms with van der Waals surface area (Å²) in [5.74, 6) is 2.61. The summed E-state index contributed by atoms with van der Waals surface area (Å²) in [4.78, 5) is 0. The molecule has 0 bridgehead atoms. The fraction of sp³-hybridized carbons (Fsp3) is 0.583. The molecule has 142 valence electrons. The summed E-state index contributed by atoms with van der Waals surface area (Å²) < 4.78 is 6.02. The highest BCUT2D eigenvalue weighted by atomic mass is 35.5.